The Labute approximate surface area is 113 Å². The maximum atomic E-state index is 11.6. The summed E-state index contributed by atoms with van der Waals surface area (Å²) in [6.45, 7) is 2.12. The molecule has 1 aromatic heterocycles. The van der Waals surface area contributed by atoms with E-state index < -0.39 is 0 Å². The number of esters is 1. The number of rotatable bonds is 3. The first-order chi connectivity index (χ1) is 8.65. The zero-order chi connectivity index (χ0) is 13.1. The Morgan fingerprint density at radius 3 is 2.83 bits per heavy atom. The summed E-state index contributed by atoms with van der Waals surface area (Å²) in [6, 6.07) is 5.43. The van der Waals surface area contributed by atoms with Crippen LogP contribution < -0.4 is 4.74 Å². The van der Waals surface area contributed by atoms with Crippen molar-refractivity contribution in [3.8, 4) is 5.75 Å². The fraction of sp³-hybridized carbons (Fsp3) is 0.231. The van der Waals surface area contributed by atoms with E-state index in [9.17, 15) is 4.79 Å². The summed E-state index contributed by atoms with van der Waals surface area (Å²) in [4.78, 5) is 15.8. The topological polar surface area (TPSA) is 48.4 Å². The van der Waals surface area contributed by atoms with Crippen LogP contribution in [0.2, 0.25) is 0 Å². The number of fused-ring (bicyclic) bond motifs is 1. The molecule has 0 bridgehead atoms. The molecule has 0 fully saturated rings. The number of nitrogens with zero attached hydrogens (tertiary/aromatic N) is 1. The molecule has 0 aliphatic carbocycles. The molecule has 0 spiro atoms. The van der Waals surface area contributed by atoms with Crippen molar-refractivity contribution in [2.24, 2.45) is 0 Å². The van der Waals surface area contributed by atoms with E-state index >= 15 is 0 Å². The van der Waals surface area contributed by atoms with Crippen LogP contribution in [0.25, 0.3) is 10.9 Å². The minimum Gasteiger partial charge on any atom is -0.495 e. The summed E-state index contributed by atoms with van der Waals surface area (Å²) in [5.74, 6) is 0.345. The fourth-order valence-electron chi connectivity index (χ4n) is 1.61. The summed E-state index contributed by atoms with van der Waals surface area (Å²) >= 11 is 3.40. The highest BCUT2D eigenvalue weighted by Crippen LogP contribution is 2.29. The lowest BCUT2D eigenvalue weighted by Gasteiger charge is -2.06. The number of hydrogen-bond acceptors (Lipinski definition) is 4. The molecule has 2 rings (SSSR count). The van der Waals surface area contributed by atoms with Gasteiger partial charge in [0.1, 0.15) is 5.75 Å². The third kappa shape index (κ3) is 2.46. The predicted molar refractivity (Wildman–Crippen MR) is 72.0 cm³/mol. The summed E-state index contributed by atoms with van der Waals surface area (Å²) in [5, 5.41) is 0.855. The van der Waals surface area contributed by atoms with Crippen LogP contribution in [-0.4, -0.2) is 24.7 Å². The van der Waals surface area contributed by atoms with Crippen LogP contribution >= 0.6 is 15.9 Å². The number of pyridine rings is 1. The minimum atomic E-state index is -0.362. The highest BCUT2D eigenvalue weighted by Gasteiger charge is 2.10. The van der Waals surface area contributed by atoms with Crippen molar-refractivity contribution >= 4 is 32.8 Å². The molecule has 5 heteroatoms. The number of hydrogen-bond donors (Lipinski definition) is 0. The predicted octanol–water partition coefficient (Wildman–Crippen LogP) is 3.18. The van der Waals surface area contributed by atoms with Gasteiger partial charge in [0.05, 0.1) is 29.3 Å². The second-order valence-electron chi connectivity index (χ2n) is 3.62. The Bertz CT molecular complexity index is 598. The van der Waals surface area contributed by atoms with Crippen LogP contribution in [0.1, 0.15) is 17.3 Å². The van der Waals surface area contributed by atoms with Crippen molar-refractivity contribution in [1.82, 2.24) is 4.98 Å². The summed E-state index contributed by atoms with van der Waals surface area (Å²) in [7, 11) is 1.60. The quantitative estimate of drug-likeness (QED) is 0.817. The van der Waals surface area contributed by atoms with Gasteiger partial charge in [0.2, 0.25) is 0 Å². The van der Waals surface area contributed by atoms with E-state index in [1.54, 1.807) is 20.1 Å². The van der Waals surface area contributed by atoms with Gasteiger partial charge in [-0.1, -0.05) is 0 Å². The van der Waals surface area contributed by atoms with Crippen LogP contribution in [0.15, 0.2) is 28.9 Å². The fourth-order valence-corrected chi connectivity index (χ4v) is 2.13. The molecule has 18 heavy (non-hydrogen) atoms. The van der Waals surface area contributed by atoms with Gasteiger partial charge in [-0.3, -0.25) is 4.98 Å². The van der Waals surface area contributed by atoms with Crippen molar-refractivity contribution in [3.05, 3.63) is 34.4 Å². The minimum absolute atomic E-state index is 0.350. The van der Waals surface area contributed by atoms with Gasteiger partial charge in [-0.2, -0.15) is 0 Å². The molecule has 4 nitrogen and oxygen atoms in total. The van der Waals surface area contributed by atoms with Crippen LogP contribution in [0.4, 0.5) is 0 Å². The maximum Gasteiger partial charge on any atom is 0.339 e. The van der Waals surface area contributed by atoms with Crippen molar-refractivity contribution in [1.29, 1.82) is 0 Å². The number of halogens is 1. The zero-order valence-electron chi connectivity index (χ0n) is 10.1. The van der Waals surface area contributed by atoms with E-state index in [2.05, 4.69) is 20.9 Å². The van der Waals surface area contributed by atoms with Gasteiger partial charge in [-0.05, 0) is 35.0 Å². The molecule has 0 amide bonds. The lowest BCUT2D eigenvalue weighted by atomic mass is 10.1. The number of carbonyl (C=O) groups excluding carboxylic acids is 1. The smallest absolute Gasteiger partial charge is 0.339 e. The maximum absolute atomic E-state index is 11.6. The monoisotopic (exact) mass is 309 g/mol. The van der Waals surface area contributed by atoms with E-state index in [0.29, 0.717) is 17.9 Å². The van der Waals surface area contributed by atoms with Crippen LogP contribution in [-0.2, 0) is 4.74 Å². The van der Waals surface area contributed by atoms with E-state index in [-0.39, 0.29) is 5.97 Å². The Morgan fingerprint density at radius 2 is 2.17 bits per heavy atom. The summed E-state index contributed by atoms with van der Waals surface area (Å²) < 4.78 is 10.9. The first-order valence-electron chi connectivity index (χ1n) is 5.46. The first-order valence-corrected chi connectivity index (χ1v) is 6.25. The first kappa shape index (κ1) is 12.8. The molecule has 1 aromatic carbocycles. The van der Waals surface area contributed by atoms with Crippen molar-refractivity contribution < 1.29 is 14.3 Å². The third-order valence-electron chi connectivity index (χ3n) is 2.47. The van der Waals surface area contributed by atoms with Gasteiger partial charge in [0.15, 0.2) is 0 Å². The average Bonchev–Trinajstić information content (AvgIpc) is 2.37. The SMILES string of the molecule is CCOC(=O)c1cnc2cc(OC)c(Br)cc2c1. The largest absolute Gasteiger partial charge is 0.495 e. The Balaban J connectivity index is 2.49. The molecule has 0 saturated heterocycles. The van der Waals surface area contributed by atoms with Gasteiger partial charge >= 0.3 is 5.97 Å². The number of ether oxygens (including phenoxy) is 2. The second kappa shape index (κ2) is 5.35. The second-order valence-corrected chi connectivity index (χ2v) is 4.48. The number of methoxy groups -OCH3 is 1. The molecular weight excluding hydrogens is 298 g/mol. The van der Waals surface area contributed by atoms with E-state index in [0.717, 1.165) is 15.4 Å². The molecule has 94 valence electrons. The molecule has 0 N–H and O–H groups in total. The molecule has 0 unspecified atom stereocenters. The Morgan fingerprint density at radius 1 is 1.39 bits per heavy atom. The van der Waals surface area contributed by atoms with Crippen molar-refractivity contribution in [2.75, 3.05) is 13.7 Å². The highest BCUT2D eigenvalue weighted by molar-refractivity contribution is 9.10. The van der Waals surface area contributed by atoms with Gasteiger partial charge in [0, 0.05) is 17.6 Å². The summed E-state index contributed by atoms with van der Waals surface area (Å²) in [6.07, 6.45) is 1.51. The average molecular weight is 310 g/mol. The zero-order valence-corrected chi connectivity index (χ0v) is 11.7. The third-order valence-corrected chi connectivity index (χ3v) is 3.09. The van der Waals surface area contributed by atoms with E-state index in [4.69, 9.17) is 9.47 Å². The van der Waals surface area contributed by atoms with Gasteiger partial charge in [0.25, 0.3) is 0 Å². The van der Waals surface area contributed by atoms with E-state index in [1.165, 1.54) is 6.20 Å². The molecule has 1 heterocycles. The van der Waals surface area contributed by atoms with Crippen molar-refractivity contribution in [3.63, 3.8) is 0 Å². The van der Waals surface area contributed by atoms with Gasteiger partial charge in [-0.15, -0.1) is 0 Å². The number of aromatic nitrogens is 1. The number of benzene rings is 1. The van der Waals surface area contributed by atoms with E-state index in [1.807, 2.05) is 12.1 Å². The molecule has 0 aliphatic heterocycles. The van der Waals surface area contributed by atoms with Gasteiger partial charge < -0.3 is 9.47 Å². The Kier molecular flexibility index (Phi) is 3.81. The molecule has 2 aromatic rings. The highest BCUT2D eigenvalue weighted by atomic mass is 79.9. The normalized spacial score (nSPS) is 10.4. The standard InChI is InChI=1S/C13H12BrNO3/c1-3-18-13(16)9-4-8-5-10(14)12(17-2)6-11(8)15-7-9/h4-7H,3H2,1-2H3. The van der Waals surface area contributed by atoms with Crippen LogP contribution in [0, 0.1) is 0 Å². The molecular formula is C13H12BrNO3. The summed E-state index contributed by atoms with van der Waals surface area (Å²) in [5.41, 5.74) is 1.21. The molecule has 0 aliphatic rings. The molecule has 0 saturated carbocycles. The number of carbonyl (C=O) groups is 1. The molecule has 0 radical (unpaired) electrons. The van der Waals surface area contributed by atoms with Crippen molar-refractivity contribution in [2.45, 2.75) is 6.92 Å². The van der Waals surface area contributed by atoms with Crippen LogP contribution in [0.3, 0.4) is 0 Å². The lowest BCUT2D eigenvalue weighted by Crippen LogP contribution is -2.05. The van der Waals surface area contributed by atoms with Gasteiger partial charge in [-0.25, -0.2) is 4.79 Å². The Hall–Kier alpha value is -1.62. The van der Waals surface area contributed by atoms with Crippen LogP contribution in [0.5, 0.6) is 5.75 Å². The lowest BCUT2D eigenvalue weighted by molar-refractivity contribution is 0.0526. The molecule has 0 atom stereocenters.